The van der Waals surface area contributed by atoms with Crippen LogP contribution < -0.4 is 0 Å². The molecule has 0 amide bonds. The van der Waals surface area contributed by atoms with Gasteiger partial charge in [-0.3, -0.25) is 0 Å². The molecule has 0 saturated carbocycles. The van der Waals surface area contributed by atoms with Crippen molar-refractivity contribution in [2.45, 2.75) is 37.7 Å². The second-order valence-electron chi connectivity index (χ2n) is 3.80. The summed E-state index contributed by atoms with van der Waals surface area (Å²) < 4.78 is 11.8. The number of hydrogen-bond donors (Lipinski definition) is 1. The maximum absolute atomic E-state index is 11.8. The first-order valence-electron chi connectivity index (χ1n) is 5.47. The number of aryl methyl sites for hydroxylation is 1. The van der Waals surface area contributed by atoms with Gasteiger partial charge in [-0.1, -0.05) is 31.0 Å². The molecule has 1 rings (SSSR count). The lowest BCUT2D eigenvalue weighted by Crippen LogP contribution is -2.01. The molecule has 16 heavy (non-hydrogen) atoms. The molecule has 1 unspecified atom stereocenters. The Balaban J connectivity index is 2.62. The molecule has 1 aromatic rings. The van der Waals surface area contributed by atoms with E-state index in [1.165, 1.54) is 0 Å². The third-order valence-corrected chi connectivity index (χ3v) is 3.40. The molecule has 2 atom stereocenters. The normalized spacial score (nSPS) is 15.2. The molecule has 0 saturated heterocycles. The standard InChI is InChI=1S/C13H18O2S/c1-3-4-12(14)9-10-16(15)13-7-5-11(2)6-8-13/h5-10,12,14H,3-4H2,1-2H3/b10-9+/t12-,16?/m0/s1. The van der Waals surface area contributed by atoms with Crippen molar-refractivity contribution in [2.75, 3.05) is 0 Å². The fraction of sp³-hybridized carbons (Fsp3) is 0.385. The molecule has 0 aliphatic heterocycles. The first-order valence-corrected chi connectivity index (χ1v) is 6.68. The minimum atomic E-state index is -1.16. The van der Waals surface area contributed by atoms with Crippen LogP contribution in [0.25, 0.3) is 0 Å². The second kappa shape index (κ2) is 6.61. The van der Waals surface area contributed by atoms with Crippen molar-refractivity contribution in [1.82, 2.24) is 0 Å². The number of aliphatic hydroxyl groups excluding tert-OH is 1. The van der Waals surface area contributed by atoms with Crippen LogP contribution in [0, 0.1) is 6.92 Å². The van der Waals surface area contributed by atoms with E-state index < -0.39 is 16.9 Å². The van der Waals surface area contributed by atoms with Gasteiger partial charge in [0.2, 0.25) is 0 Å². The summed E-state index contributed by atoms with van der Waals surface area (Å²) in [5.74, 6) is 0. The Hall–Kier alpha value is -0.930. The van der Waals surface area contributed by atoms with Crippen LogP contribution in [-0.4, -0.2) is 15.4 Å². The van der Waals surface area contributed by atoms with Crippen molar-refractivity contribution in [3.63, 3.8) is 0 Å². The van der Waals surface area contributed by atoms with E-state index in [4.69, 9.17) is 0 Å². The zero-order valence-corrected chi connectivity index (χ0v) is 10.5. The molecule has 1 N–H and O–H groups in total. The Bertz CT molecular complexity index is 368. The van der Waals surface area contributed by atoms with Crippen molar-refractivity contribution < 1.29 is 9.32 Å². The maximum Gasteiger partial charge on any atom is 0.0773 e. The van der Waals surface area contributed by atoms with Gasteiger partial charge in [-0.15, -0.1) is 0 Å². The zero-order valence-electron chi connectivity index (χ0n) is 9.72. The summed E-state index contributed by atoms with van der Waals surface area (Å²) in [6, 6.07) is 7.57. The molecule has 0 aromatic heterocycles. The Labute approximate surface area is 99.5 Å². The molecule has 2 nitrogen and oxygen atoms in total. The fourth-order valence-electron chi connectivity index (χ4n) is 1.31. The molecule has 0 radical (unpaired) electrons. The summed E-state index contributed by atoms with van der Waals surface area (Å²) in [6.07, 6.45) is 2.75. The van der Waals surface area contributed by atoms with E-state index in [9.17, 15) is 9.32 Å². The summed E-state index contributed by atoms with van der Waals surface area (Å²) in [4.78, 5) is 0.769. The Morgan fingerprint density at radius 1 is 1.38 bits per heavy atom. The number of hydrogen-bond acceptors (Lipinski definition) is 2. The minimum Gasteiger partial charge on any atom is -0.389 e. The minimum absolute atomic E-state index is 0.487. The van der Waals surface area contributed by atoms with Gasteiger partial charge >= 0.3 is 0 Å². The fourth-order valence-corrected chi connectivity index (χ4v) is 2.19. The van der Waals surface area contributed by atoms with Crippen molar-refractivity contribution in [2.24, 2.45) is 0 Å². The molecule has 0 bridgehead atoms. The van der Waals surface area contributed by atoms with Crippen LogP contribution in [-0.2, 0) is 10.8 Å². The first kappa shape index (κ1) is 13.1. The number of rotatable bonds is 5. The molecule has 88 valence electrons. The van der Waals surface area contributed by atoms with Crippen molar-refractivity contribution in [3.8, 4) is 0 Å². The molecule has 3 heteroatoms. The third-order valence-electron chi connectivity index (χ3n) is 2.26. The van der Waals surface area contributed by atoms with Gasteiger partial charge in [-0.05, 0) is 31.6 Å². The molecule has 1 aromatic carbocycles. The van der Waals surface area contributed by atoms with Gasteiger partial charge in [0.25, 0.3) is 0 Å². The lowest BCUT2D eigenvalue weighted by atomic mass is 10.2. The third kappa shape index (κ3) is 4.29. The molecular formula is C13H18O2S. The highest BCUT2D eigenvalue weighted by Crippen LogP contribution is 2.10. The van der Waals surface area contributed by atoms with Crippen LogP contribution >= 0.6 is 0 Å². The SMILES string of the molecule is CCC[C@H](O)/C=C/S(=O)c1ccc(C)cc1. The van der Waals surface area contributed by atoms with Gasteiger partial charge in [0.1, 0.15) is 0 Å². The van der Waals surface area contributed by atoms with E-state index in [0.29, 0.717) is 6.42 Å². The van der Waals surface area contributed by atoms with E-state index in [1.54, 1.807) is 11.5 Å². The molecule has 0 heterocycles. The second-order valence-corrected chi connectivity index (χ2v) is 5.13. The van der Waals surface area contributed by atoms with Crippen LogP contribution in [0.3, 0.4) is 0 Å². The smallest absolute Gasteiger partial charge is 0.0773 e. The quantitative estimate of drug-likeness (QED) is 0.856. The first-order chi connectivity index (χ1) is 7.63. The molecule has 0 fully saturated rings. The van der Waals surface area contributed by atoms with Crippen LogP contribution in [0.1, 0.15) is 25.3 Å². The monoisotopic (exact) mass is 238 g/mol. The summed E-state index contributed by atoms with van der Waals surface area (Å²) in [5.41, 5.74) is 1.15. The van der Waals surface area contributed by atoms with Crippen LogP contribution in [0.5, 0.6) is 0 Å². The van der Waals surface area contributed by atoms with Crippen molar-refractivity contribution >= 4 is 10.8 Å². The average molecular weight is 238 g/mol. The summed E-state index contributed by atoms with van der Waals surface area (Å²) >= 11 is 0. The van der Waals surface area contributed by atoms with Gasteiger partial charge in [0, 0.05) is 10.3 Å². The largest absolute Gasteiger partial charge is 0.389 e. The molecule has 0 aliphatic rings. The van der Waals surface area contributed by atoms with Gasteiger partial charge < -0.3 is 5.11 Å². The number of aliphatic hydroxyl groups is 1. The van der Waals surface area contributed by atoms with Gasteiger partial charge in [0.15, 0.2) is 0 Å². The van der Waals surface area contributed by atoms with Crippen LogP contribution in [0.15, 0.2) is 40.6 Å². The molecule has 0 spiro atoms. The van der Waals surface area contributed by atoms with Gasteiger partial charge in [0.05, 0.1) is 16.9 Å². The predicted molar refractivity (Wildman–Crippen MR) is 67.6 cm³/mol. The highest BCUT2D eigenvalue weighted by atomic mass is 32.2. The molecule has 0 aliphatic carbocycles. The topological polar surface area (TPSA) is 37.3 Å². The van der Waals surface area contributed by atoms with Crippen LogP contribution in [0.2, 0.25) is 0 Å². The zero-order chi connectivity index (χ0) is 12.0. The summed E-state index contributed by atoms with van der Waals surface area (Å²) in [6.45, 7) is 4.00. The Morgan fingerprint density at radius 3 is 2.56 bits per heavy atom. The van der Waals surface area contributed by atoms with E-state index in [0.717, 1.165) is 16.9 Å². The van der Waals surface area contributed by atoms with E-state index in [-0.39, 0.29) is 0 Å². The predicted octanol–water partition coefficient (Wildman–Crippen LogP) is 2.78. The highest BCUT2D eigenvalue weighted by Gasteiger charge is 2.01. The lowest BCUT2D eigenvalue weighted by Gasteiger charge is -2.02. The Morgan fingerprint density at radius 2 is 2.00 bits per heavy atom. The Kier molecular flexibility index (Phi) is 5.43. The van der Waals surface area contributed by atoms with Crippen LogP contribution in [0.4, 0.5) is 0 Å². The van der Waals surface area contributed by atoms with Gasteiger partial charge in [-0.25, -0.2) is 4.21 Å². The van der Waals surface area contributed by atoms with Crippen molar-refractivity contribution in [3.05, 3.63) is 41.3 Å². The van der Waals surface area contributed by atoms with E-state index >= 15 is 0 Å². The molecular weight excluding hydrogens is 220 g/mol. The van der Waals surface area contributed by atoms with Crippen molar-refractivity contribution in [1.29, 1.82) is 0 Å². The summed E-state index contributed by atoms with van der Waals surface area (Å²) in [5, 5.41) is 11.0. The van der Waals surface area contributed by atoms with E-state index in [2.05, 4.69) is 0 Å². The lowest BCUT2D eigenvalue weighted by molar-refractivity contribution is 0.212. The maximum atomic E-state index is 11.8. The summed E-state index contributed by atoms with van der Waals surface area (Å²) in [7, 11) is -1.16. The van der Waals surface area contributed by atoms with E-state index in [1.807, 2.05) is 38.1 Å². The number of benzene rings is 1. The highest BCUT2D eigenvalue weighted by molar-refractivity contribution is 7.88. The average Bonchev–Trinajstić information content (AvgIpc) is 2.27. The van der Waals surface area contributed by atoms with Gasteiger partial charge in [-0.2, -0.15) is 0 Å².